The van der Waals surface area contributed by atoms with Crippen LogP contribution in [0.5, 0.6) is 0 Å². The van der Waals surface area contributed by atoms with E-state index in [0.29, 0.717) is 4.68 Å². The van der Waals surface area contributed by atoms with Crippen molar-refractivity contribution in [1.82, 2.24) is 9.78 Å². The van der Waals surface area contributed by atoms with Gasteiger partial charge in [-0.15, -0.1) is 0 Å². The number of aromatic nitrogens is 2. The number of anilines is 1. The maximum Gasteiger partial charge on any atom is 0.413 e. The lowest BCUT2D eigenvalue weighted by atomic mass is 9.95. The van der Waals surface area contributed by atoms with Crippen LogP contribution in [0.25, 0.3) is 5.69 Å². The summed E-state index contributed by atoms with van der Waals surface area (Å²) >= 11 is 11.9. The second kappa shape index (κ2) is 9.43. The molecule has 1 saturated carbocycles. The largest absolute Gasteiger partial charge is 0.468 e. The lowest BCUT2D eigenvalue weighted by molar-refractivity contribution is -0.143. The average Bonchev–Trinajstić information content (AvgIpc) is 3.58. The van der Waals surface area contributed by atoms with Crippen molar-refractivity contribution in [1.29, 1.82) is 5.26 Å². The van der Waals surface area contributed by atoms with Gasteiger partial charge in [-0.3, -0.25) is 10.1 Å². The van der Waals surface area contributed by atoms with E-state index in [1.54, 1.807) is 6.07 Å². The predicted molar refractivity (Wildman–Crippen MR) is 133 cm³/mol. The van der Waals surface area contributed by atoms with Crippen molar-refractivity contribution in [3.05, 3.63) is 68.8 Å². The van der Waals surface area contributed by atoms with Crippen LogP contribution in [0, 0.1) is 23.0 Å². The first-order chi connectivity index (χ1) is 18.8. The molecule has 18 heteroatoms. The predicted octanol–water partition coefficient (Wildman–Crippen LogP) is 7.94. The van der Waals surface area contributed by atoms with E-state index < -0.39 is 83.6 Å². The van der Waals surface area contributed by atoms with E-state index in [1.807, 2.05) is 0 Å². The topological polar surface area (TPSA) is 106 Å². The smallest absolute Gasteiger partial charge is 0.413 e. The Morgan fingerprint density at radius 1 is 1.12 bits per heavy atom. The lowest BCUT2D eigenvalue weighted by Crippen LogP contribution is -2.25. The van der Waals surface area contributed by atoms with Gasteiger partial charge in [0.25, 0.3) is 0 Å². The van der Waals surface area contributed by atoms with Crippen LogP contribution in [0.2, 0.25) is 10.0 Å². The van der Waals surface area contributed by atoms with Crippen molar-refractivity contribution in [2.24, 2.45) is 0 Å². The molecule has 41 heavy (non-hydrogen) atoms. The van der Waals surface area contributed by atoms with Crippen molar-refractivity contribution >= 4 is 51.3 Å². The number of amides is 1. The van der Waals surface area contributed by atoms with Crippen LogP contribution in [0.1, 0.15) is 29.7 Å². The molecule has 0 aliphatic heterocycles. The number of benzene rings is 2. The highest BCUT2D eigenvalue weighted by atomic mass is 35.5. The van der Waals surface area contributed by atoms with E-state index in [-0.39, 0.29) is 30.5 Å². The minimum atomic E-state index is -10.3. The minimum Gasteiger partial charge on any atom is -0.468 e. The molecule has 1 aromatic heterocycles. The number of nitrogens with one attached hydrogen (secondary N) is 1. The zero-order chi connectivity index (χ0) is 30.6. The summed E-state index contributed by atoms with van der Waals surface area (Å²) < 4.78 is 105. The summed E-state index contributed by atoms with van der Waals surface area (Å²) in [6.07, 6.45) is -1.26. The summed E-state index contributed by atoms with van der Waals surface area (Å²) in [6, 6.07) is 4.31. The minimum absolute atomic E-state index is 0.0782. The Hall–Kier alpha value is -3.68. The van der Waals surface area contributed by atoms with E-state index in [9.17, 15) is 43.1 Å². The quantitative estimate of drug-likeness (QED) is 0.206. The first kappa shape index (κ1) is 30.3. The molecular weight excluding hydrogens is 632 g/mol. The molecule has 1 N–H and O–H groups in total. The number of carbonyl (C=O) groups excluding carboxylic acids is 2. The van der Waals surface area contributed by atoms with Gasteiger partial charge in [0.1, 0.15) is 40.7 Å². The highest BCUT2D eigenvalue weighted by Gasteiger charge is 2.66. The molecule has 1 amide bonds. The van der Waals surface area contributed by atoms with Crippen LogP contribution >= 0.6 is 33.4 Å². The Morgan fingerprint density at radius 2 is 1.68 bits per heavy atom. The molecule has 0 bridgehead atoms. The number of esters is 1. The molecule has 8 nitrogen and oxygen atoms in total. The van der Waals surface area contributed by atoms with Crippen molar-refractivity contribution in [2.45, 2.75) is 29.8 Å². The van der Waals surface area contributed by atoms with Crippen LogP contribution in [-0.4, -0.2) is 29.0 Å². The summed E-state index contributed by atoms with van der Waals surface area (Å²) in [5.74, 6) is -3.53. The SMILES string of the molecule is COC(=O)C1(c2c(C#N)nn(-c3c(Cl)cc(S(F)(F)(F)(F)F)cc3Cl)c2NC(=O)OCc2c(F)cccc2F)CC1. The number of halogens is 9. The molecule has 0 atom stereocenters. The fraction of sp³-hybridized carbons (Fsp3) is 0.217. The Labute approximate surface area is 236 Å². The fourth-order valence-corrected chi connectivity index (χ4v) is 5.47. The number of nitrogens with zero attached hydrogens (tertiary/aromatic N) is 3. The van der Waals surface area contributed by atoms with Gasteiger partial charge in [0.15, 0.2) is 5.69 Å². The summed E-state index contributed by atoms with van der Waals surface area (Å²) in [5.41, 5.74) is -3.67. The molecule has 0 radical (unpaired) electrons. The Kier molecular flexibility index (Phi) is 6.96. The highest BCUT2D eigenvalue weighted by Crippen LogP contribution is 3.02. The number of methoxy groups -OCH3 is 1. The summed E-state index contributed by atoms with van der Waals surface area (Å²) in [5, 5.41) is 13.7. The number of rotatable bonds is 7. The average molecular weight is 647 g/mol. The van der Waals surface area contributed by atoms with Gasteiger partial charge in [0.2, 0.25) is 0 Å². The first-order valence-corrected chi connectivity index (χ1v) is 13.8. The Bertz CT molecular complexity index is 1610. The summed E-state index contributed by atoms with van der Waals surface area (Å²) in [4.78, 5) is 23.0. The summed E-state index contributed by atoms with van der Waals surface area (Å²) in [7, 11) is -9.21. The molecule has 0 spiro atoms. The molecule has 1 aliphatic carbocycles. The van der Waals surface area contributed by atoms with Gasteiger partial charge in [-0.1, -0.05) is 48.7 Å². The molecule has 1 aliphatic rings. The molecule has 1 heterocycles. The van der Waals surface area contributed by atoms with Gasteiger partial charge in [0.05, 0.1) is 33.7 Å². The van der Waals surface area contributed by atoms with Crippen molar-refractivity contribution in [3.8, 4) is 11.8 Å². The number of hydrogen-bond donors (Lipinski definition) is 1. The standard InChI is InChI=1S/C23H15Cl2F7N4O4S/c1-39-21(37)23(5-6-23)18-17(9-33)35-36(19-13(24)7-11(8-14(19)25)41(28,29,30,31)32)20(18)34-22(38)40-10-12-15(26)3-2-4-16(12)27/h2-4,7-8H,5-6,10H2,1H3,(H,34,38). The number of hydrogen-bond acceptors (Lipinski definition) is 6. The van der Waals surface area contributed by atoms with Crippen molar-refractivity contribution < 1.29 is 47.3 Å². The number of ether oxygens (including phenoxy) is 2. The third-order valence-corrected chi connectivity index (χ3v) is 7.78. The van der Waals surface area contributed by atoms with Crippen molar-refractivity contribution in [3.63, 3.8) is 0 Å². The molecule has 3 aromatic rings. The van der Waals surface area contributed by atoms with Crippen LogP contribution in [0.3, 0.4) is 0 Å². The fourth-order valence-electron chi connectivity index (χ4n) is 4.01. The van der Waals surface area contributed by atoms with Crippen LogP contribution < -0.4 is 5.32 Å². The zero-order valence-electron chi connectivity index (χ0n) is 20.3. The van der Waals surface area contributed by atoms with E-state index in [2.05, 4.69) is 10.4 Å². The van der Waals surface area contributed by atoms with Crippen LogP contribution in [0.15, 0.2) is 35.2 Å². The first-order valence-electron chi connectivity index (χ1n) is 11.0. The normalized spacial score (nSPS) is 15.7. The molecule has 4 rings (SSSR count). The van der Waals surface area contributed by atoms with Crippen molar-refractivity contribution in [2.75, 3.05) is 12.4 Å². The maximum absolute atomic E-state index is 14.0. The van der Waals surface area contributed by atoms with Gasteiger partial charge in [-0.2, -0.15) is 10.4 Å². The second-order valence-electron chi connectivity index (χ2n) is 8.78. The van der Waals surface area contributed by atoms with Crippen LogP contribution in [-0.2, 0) is 26.3 Å². The van der Waals surface area contributed by atoms with Gasteiger partial charge < -0.3 is 9.47 Å². The maximum atomic E-state index is 14.0. The van der Waals surface area contributed by atoms with Crippen LogP contribution in [0.4, 0.5) is 38.8 Å². The third-order valence-electron chi connectivity index (χ3n) is 6.07. The lowest BCUT2D eigenvalue weighted by Gasteiger charge is -2.40. The van der Waals surface area contributed by atoms with E-state index in [0.717, 1.165) is 25.3 Å². The Morgan fingerprint density at radius 3 is 2.15 bits per heavy atom. The number of carbonyl (C=O) groups is 2. The zero-order valence-corrected chi connectivity index (χ0v) is 22.6. The third kappa shape index (κ3) is 5.74. The molecule has 0 saturated heterocycles. The van der Waals surface area contributed by atoms with E-state index in [4.69, 9.17) is 32.7 Å². The molecule has 2 aromatic carbocycles. The van der Waals surface area contributed by atoms with Gasteiger partial charge in [-0.05, 0) is 37.1 Å². The molecular formula is C23H15Cl2F7N4O4S. The monoisotopic (exact) mass is 646 g/mol. The number of nitriles is 1. The summed E-state index contributed by atoms with van der Waals surface area (Å²) in [6.45, 7) is -0.929. The van der Waals surface area contributed by atoms with Gasteiger partial charge in [-0.25, -0.2) is 18.3 Å². The van der Waals surface area contributed by atoms with E-state index in [1.165, 1.54) is 0 Å². The highest BCUT2D eigenvalue weighted by molar-refractivity contribution is 8.45. The molecule has 220 valence electrons. The second-order valence-corrected chi connectivity index (χ2v) is 12.0. The van der Waals surface area contributed by atoms with E-state index >= 15 is 0 Å². The molecule has 0 unspecified atom stereocenters. The van der Waals surface area contributed by atoms with Gasteiger partial charge >= 0.3 is 22.3 Å². The van der Waals surface area contributed by atoms with Gasteiger partial charge in [0, 0.05) is 0 Å². The Balaban J connectivity index is 1.86. The molecule has 1 fully saturated rings.